The van der Waals surface area contributed by atoms with Crippen molar-refractivity contribution in [1.82, 2.24) is 19.9 Å². The number of aromatic nitrogens is 4. The van der Waals surface area contributed by atoms with E-state index >= 15 is 0 Å². The Morgan fingerprint density at radius 3 is 1.91 bits per heavy atom. The molecule has 316 valence electrons. The second-order valence-electron chi connectivity index (χ2n) is 17.2. The van der Waals surface area contributed by atoms with Gasteiger partial charge in [0, 0.05) is 35.1 Å². The maximum absolute atomic E-state index is 6.32. The molecular formula is C59H45IrN4O. The molecule has 5 heterocycles. The molecule has 6 heteroatoms. The van der Waals surface area contributed by atoms with Gasteiger partial charge in [0.2, 0.25) is 5.71 Å². The van der Waals surface area contributed by atoms with Gasteiger partial charge in [0.05, 0.1) is 5.58 Å². The average molecular weight is 1020 g/mol. The molecule has 0 radical (unpaired) electrons. The summed E-state index contributed by atoms with van der Waals surface area (Å²) >= 11 is 0. The minimum atomic E-state index is 0. The van der Waals surface area contributed by atoms with E-state index in [1.165, 1.54) is 46.2 Å². The van der Waals surface area contributed by atoms with Crippen molar-refractivity contribution in [2.24, 2.45) is 0 Å². The molecule has 0 aliphatic heterocycles. The molecule has 5 aromatic heterocycles. The molecule has 65 heavy (non-hydrogen) atoms. The largest absolute Gasteiger partial charge is 3.00 e. The molecule has 0 saturated heterocycles. The molecule has 0 unspecified atom stereocenters. The second-order valence-corrected chi connectivity index (χ2v) is 17.2. The van der Waals surface area contributed by atoms with Crippen molar-refractivity contribution in [3.8, 4) is 56.0 Å². The predicted octanol–water partition coefficient (Wildman–Crippen LogP) is 14.0. The van der Waals surface area contributed by atoms with Crippen LogP contribution in [0.2, 0.25) is 0 Å². The van der Waals surface area contributed by atoms with Crippen molar-refractivity contribution in [3.63, 3.8) is 0 Å². The summed E-state index contributed by atoms with van der Waals surface area (Å²) in [5.41, 5.74) is 17.7. The van der Waals surface area contributed by atoms with Crippen molar-refractivity contribution in [2.45, 2.75) is 57.3 Å². The number of aryl methyl sites for hydroxylation is 3. The Morgan fingerprint density at radius 1 is 0.554 bits per heavy atom. The molecule has 5 aromatic carbocycles. The third kappa shape index (κ3) is 8.60. The second kappa shape index (κ2) is 18.3. The average Bonchev–Trinajstić information content (AvgIpc) is 3.99. The molecule has 10 aromatic rings. The Balaban J connectivity index is 0.00000498. The van der Waals surface area contributed by atoms with Crippen LogP contribution < -0.4 is 0 Å². The third-order valence-electron chi connectivity index (χ3n) is 13.0. The third-order valence-corrected chi connectivity index (χ3v) is 13.0. The molecule has 0 bridgehead atoms. The summed E-state index contributed by atoms with van der Waals surface area (Å²) in [6.45, 7) is 1.98. The minimum absolute atomic E-state index is 0. The zero-order valence-electron chi connectivity index (χ0n) is 36.1. The van der Waals surface area contributed by atoms with Crippen molar-refractivity contribution in [3.05, 3.63) is 216 Å². The van der Waals surface area contributed by atoms with Gasteiger partial charge in [-0.3, -0.25) is 0 Å². The first-order chi connectivity index (χ1) is 31.5. The first-order valence-electron chi connectivity index (χ1n) is 22.3. The van der Waals surface area contributed by atoms with E-state index < -0.39 is 0 Å². The maximum Gasteiger partial charge on any atom is 3.00 e. The normalized spacial score (nSPS) is 13.2. The summed E-state index contributed by atoms with van der Waals surface area (Å²) in [5.74, 6) is 0. The molecule has 1 saturated carbocycles. The van der Waals surface area contributed by atoms with Crippen LogP contribution in [-0.4, -0.2) is 19.9 Å². The van der Waals surface area contributed by atoms with Crippen molar-refractivity contribution in [1.29, 1.82) is 0 Å². The molecule has 0 amide bonds. The van der Waals surface area contributed by atoms with Gasteiger partial charge in [0.15, 0.2) is 0 Å². The molecule has 0 N–H and O–H groups in total. The molecule has 1 aliphatic carbocycles. The number of fused-ring (bicyclic) bond motifs is 3. The van der Waals surface area contributed by atoms with Gasteiger partial charge < -0.3 is 19.4 Å². The molecule has 0 atom stereocenters. The van der Waals surface area contributed by atoms with Crippen molar-refractivity contribution >= 4 is 22.1 Å². The van der Waals surface area contributed by atoms with Crippen LogP contribution in [0.25, 0.3) is 78.1 Å². The van der Waals surface area contributed by atoms with E-state index in [1.54, 1.807) is 0 Å². The van der Waals surface area contributed by atoms with Crippen LogP contribution in [0.5, 0.6) is 0 Å². The molecule has 11 rings (SSSR count). The number of furan rings is 1. The fourth-order valence-electron chi connectivity index (χ4n) is 9.76. The fourth-order valence-corrected chi connectivity index (χ4v) is 9.76. The predicted molar refractivity (Wildman–Crippen MR) is 257 cm³/mol. The van der Waals surface area contributed by atoms with Crippen LogP contribution in [0.15, 0.2) is 175 Å². The Bertz CT molecular complexity index is 3230. The quantitative estimate of drug-likeness (QED) is 0.121. The van der Waals surface area contributed by atoms with E-state index in [2.05, 4.69) is 126 Å². The van der Waals surface area contributed by atoms with Gasteiger partial charge in [-0.25, -0.2) is 4.98 Å². The van der Waals surface area contributed by atoms with E-state index in [4.69, 9.17) is 19.4 Å². The zero-order valence-corrected chi connectivity index (χ0v) is 38.5. The van der Waals surface area contributed by atoms with Gasteiger partial charge in [-0.15, -0.1) is 90.0 Å². The van der Waals surface area contributed by atoms with Gasteiger partial charge in [0.1, 0.15) is 0 Å². The molecule has 5 nitrogen and oxygen atoms in total. The maximum atomic E-state index is 6.32. The Hall–Kier alpha value is -6.85. The van der Waals surface area contributed by atoms with Crippen LogP contribution in [0, 0.1) is 25.1 Å². The van der Waals surface area contributed by atoms with Crippen molar-refractivity contribution in [2.75, 3.05) is 0 Å². The summed E-state index contributed by atoms with van der Waals surface area (Å²) in [6.07, 6.45) is 13.6. The summed E-state index contributed by atoms with van der Waals surface area (Å²) in [4.78, 5) is 19.5. The number of hydrogen-bond acceptors (Lipinski definition) is 5. The Morgan fingerprint density at radius 2 is 1.23 bits per heavy atom. The molecular weight excluding hydrogens is 973 g/mol. The van der Waals surface area contributed by atoms with Gasteiger partial charge in [0.25, 0.3) is 0 Å². The van der Waals surface area contributed by atoms with E-state index in [9.17, 15) is 0 Å². The molecule has 1 aliphatic rings. The van der Waals surface area contributed by atoms with E-state index in [0.717, 1.165) is 99.1 Å². The van der Waals surface area contributed by atoms with Gasteiger partial charge in [-0.05, 0) is 113 Å². The Kier molecular flexibility index (Phi) is 11.9. The van der Waals surface area contributed by atoms with Crippen LogP contribution in [-0.2, 0) is 44.8 Å². The van der Waals surface area contributed by atoms with Crippen LogP contribution in [0.3, 0.4) is 0 Å². The van der Waals surface area contributed by atoms with E-state index in [0.29, 0.717) is 5.71 Å². The summed E-state index contributed by atoms with van der Waals surface area (Å²) < 4.78 is 6.32. The van der Waals surface area contributed by atoms with Gasteiger partial charge in [-0.1, -0.05) is 103 Å². The first kappa shape index (κ1) is 42.1. The van der Waals surface area contributed by atoms with Crippen LogP contribution in [0.4, 0.5) is 0 Å². The monoisotopic (exact) mass is 1020 g/mol. The van der Waals surface area contributed by atoms with E-state index in [-0.39, 0.29) is 25.5 Å². The number of rotatable bonds is 11. The topological polar surface area (TPSA) is 64.7 Å². The zero-order chi connectivity index (χ0) is 42.9. The smallest absolute Gasteiger partial charge is 0.486 e. The molecule has 1 fully saturated rings. The number of pyridine rings is 4. The SMILES string of the molecule is Cc1ccc2c(n1)oc1c(-c3ccc(-c4ccccc4-c4cc(CCc5ccc(-c6[c-]cccc6)nc5)cc(CC5(c6ccc(-c7[c-]cccc7)nc6)CCCC5)c4)cn3)[c-]ccc12.[Ir+3]. The van der Waals surface area contributed by atoms with Gasteiger partial charge >= 0.3 is 20.1 Å². The summed E-state index contributed by atoms with van der Waals surface area (Å²) in [7, 11) is 0. The fraction of sp³-hybridized carbons (Fsp3) is 0.153. The molecule has 0 spiro atoms. The number of benzene rings is 5. The Labute approximate surface area is 394 Å². The minimum Gasteiger partial charge on any atom is -0.486 e. The summed E-state index contributed by atoms with van der Waals surface area (Å²) in [6, 6.07) is 63.3. The standard InChI is InChI=1S/C59H45N4O.Ir/c1-40-21-27-52-51-19-12-20-53(57(51)64-58(52)63-40)56-29-25-46(38-61-56)49-17-8-9-18-50(49)47-34-42(23-22-41-24-28-54(60-37-41)44-13-4-2-5-14-44)33-43(35-47)36-59(31-10-11-32-59)48-26-30-55(62-39-48)45-15-6-3-7-16-45;/h2-9,12-13,15,17-19,21,24-30,33-35,37-39H,10-11,22-23,31-32,36H2,1H3;/q-3;+3. The van der Waals surface area contributed by atoms with Crippen LogP contribution in [0.1, 0.15) is 53.6 Å². The van der Waals surface area contributed by atoms with Gasteiger partial charge in [-0.2, -0.15) is 0 Å². The van der Waals surface area contributed by atoms with E-state index in [1.807, 2.05) is 73.9 Å². The number of nitrogens with zero attached hydrogens (tertiary/aromatic N) is 4. The summed E-state index contributed by atoms with van der Waals surface area (Å²) in [5, 5.41) is 2.01. The van der Waals surface area contributed by atoms with Crippen molar-refractivity contribution < 1.29 is 24.5 Å². The number of hydrogen-bond donors (Lipinski definition) is 0. The van der Waals surface area contributed by atoms with Crippen LogP contribution >= 0.6 is 0 Å². The first-order valence-corrected chi connectivity index (χ1v) is 22.3.